The highest BCUT2D eigenvalue weighted by Gasteiger charge is 2.32. The molecule has 0 spiro atoms. The Morgan fingerprint density at radius 3 is 2.33 bits per heavy atom. The molecule has 7 N–H and O–H groups in total. The Morgan fingerprint density at radius 2 is 1.69 bits per heavy atom. The van der Waals surface area contributed by atoms with Gasteiger partial charge in [-0.1, -0.05) is 18.2 Å². The Hall–Kier alpha value is -3.58. The normalized spacial score (nSPS) is 17.6. The Kier molecular flexibility index (Phi) is 9.31. The number of aromatic amines is 1. The number of amides is 3. The molecule has 1 saturated heterocycles. The topological polar surface area (TPSA) is 190 Å². The fraction of sp³-hybridized carbons (Fsp3) is 0.435. The van der Waals surface area contributed by atoms with Gasteiger partial charge in [0.15, 0.2) is 0 Å². The number of H-pyrrole nitrogens is 1. The number of aromatic nitrogens is 1. The maximum absolute atomic E-state index is 13.2. The van der Waals surface area contributed by atoms with Crippen LogP contribution in [0.3, 0.4) is 0 Å². The average molecular weight is 520 g/mol. The van der Waals surface area contributed by atoms with Crippen LogP contribution in [0.25, 0.3) is 10.9 Å². The van der Waals surface area contributed by atoms with E-state index < -0.39 is 54.3 Å². The van der Waals surface area contributed by atoms with Crippen LogP contribution in [-0.4, -0.2) is 81.3 Å². The number of carboxylic acid groups (broad SMARTS) is 2. The molecule has 1 aliphatic heterocycles. The number of hydrogen-bond donors (Lipinski definition) is 8. The first kappa shape index (κ1) is 27.0. The zero-order chi connectivity index (χ0) is 26.2. The first-order chi connectivity index (χ1) is 17.2. The van der Waals surface area contributed by atoms with Crippen LogP contribution in [0.1, 0.15) is 24.8 Å². The molecule has 1 fully saturated rings. The molecule has 0 radical (unpaired) electrons. The summed E-state index contributed by atoms with van der Waals surface area (Å²) in [5.41, 5.74) is 1.64. The molecule has 0 bridgehead atoms. The zero-order valence-electron chi connectivity index (χ0n) is 19.3. The number of para-hydroxylation sites is 1. The summed E-state index contributed by atoms with van der Waals surface area (Å²) < 4.78 is 0. The van der Waals surface area contributed by atoms with Crippen molar-refractivity contribution in [3.05, 3.63) is 36.0 Å². The number of rotatable bonds is 12. The number of carboxylic acids is 2. The smallest absolute Gasteiger partial charge is 0.326 e. The fourth-order valence-corrected chi connectivity index (χ4v) is 4.28. The highest BCUT2D eigenvalue weighted by atomic mass is 32.1. The number of hydrogen-bond acceptors (Lipinski definition) is 7. The molecule has 1 aromatic heterocycles. The lowest BCUT2D eigenvalue weighted by molar-refractivity contribution is -0.147. The van der Waals surface area contributed by atoms with Crippen molar-refractivity contribution in [3.8, 4) is 0 Å². The predicted molar refractivity (Wildman–Crippen MR) is 133 cm³/mol. The molecule has 0 aliphatic carbocycles. The summed E-state index contributed by atoms with van der Waals surface area (Å²) in [6.07, 6.45) is 2.51. The SMILES string of the molecule is O=C(O)CC(NC(=O)C(CS)NC(=O)C(Cc1c[nH]c2ccccc12)NC(=O)C1CCCN1)C(=O)O. The summed E-state index contributed by atoms with van der Waals surface area (Å²) in [6.45, 7) is 0.695. The average Bonchev–Trinajstić information content (AvgIpc) is 3.52. The van der Waals surface area contributed by atoms with Gasteiger partial charge in [0.05, 0.1) is 12.5 Å². The Labute approximate surface area is 212 Å². The number of carbonyl (C=O) groups is 5. The van der Waals surface area contributed by atoms with Crippen molar-refractivity contribution in [1.82, 2.24) is 26.3 Å². The van der Waals surface area contributed by atoms with Gasteiger partial charge < -0.3 is 36.5 Å². The summed E-state index contributed by atoms with van der Waals surface area (Å²) >= 11 is 4.08. The number of nitrogens with one attached hydrogen (secondary N) is 5. The van der Waals surface area contributed by atoms with Crippen LogP contribution in [0, 0.1) is 0 Å². The van der Waals surface area contributed by atoms with E-state index in [0.717, 1.165) is 22.9 Å². The summed E-state index contributed by atoms with van der Waals surface area (Å²) in [4.78, 5) is 64.0. The Balaban J connectivity index is 1.76. The molecule has 3 rings (SSSR count). The van der Waals surface area contributed by atoms with E-state index in [9.17, 15) is 29.1 Å². The van der Waals surface area contributed by atoms with E-state index in [1.165, 1.54) is 0 Å². The third kappa shape index (κ3) is 6.98. The van der Waals surface area contributed by atoms with E-state index in [1.807, 2.05) is 24.3 Å². The Bertz CT molecular complexity index is 1130. The number of thiol groups is 1. The molecule has 0 saturated carbocycles. The number of carbonyl (C=O) groups excluding carboxylic acids is 3. The lowest BCUT2D eigenvalue weighted by atomic mass is 10.0. The third-order valence-electron chi connectivity index (χ3n) is 5.92. The van der Waals surface area contributed by atoms with Crippen molar-refractivity contribution in [2.24, 2.45) is 0 Å². The molecule has 4 atom stereocenters. The summed E-state index contributed by atoms with van der Waals surface area (Å²) in [5.74, 6) is -5.02. The van der Waals surface area contributed by atoms with Gasteiger partial charge in [-0.3, -0.25) is 19.2 Å². The molecule has 13 heteroatoms. The van der Waals surface area contributed by atoms with Gasteiger partial charge in [0.1, 0.15) is 18.1 Å². The monoisotopic (exact) mass is 519 g/mol. The highest BCUT2D eigenvalue weighted by molar-refractivity contribution is 7.80. The van der Waals surface area contributed by atoms with Gasteiger partial charge in [-0.25, -0.2) is 4.79 Å². The fourth-order valence-electron chi connectivity index (χ4n) is 4.02. The lowest BCUT2D eigenvalue weighted by Gasteiger charge is -2.24. The molecule has 3 amide bonds. The van der Waals surface area contributed by atoms with Crippen molar-refractivity contribution < 1.29 is 34.2 Å². The predicted octanol–water partition coefficient (Wildman–Crippen LogP) is -0.594. The molecule has 194 valence electrons. The van der Waals surface area contributed by atoms with Crippen molar-refractivity contribution >= 4 is 53.2 Å². The van der Waals surface area contributed by atoms with Crippen LogP contribution >= 0.6 is 12.6 Å². The van der Waals surface area contributed by atoms with Crippen LogP contribution in [-0.2, 0) is 30.4 Å². The molecule has 4 unspecified atom stereocenters. The third-order valence-corrected chi connectivity index (χ3v) is 6.28. The van der Waals surface area contributed by atoms with E-state index in [2.05, 4.69) is 38.9 Å². The van der Waals surface area contributed by atoms with Crippen LogP contribution in [0.15, 0.2) is 30.5 Å². The molecular formula is C23H29N5O7S. The van der Waals surface area contributed by atoms with E-state index >= 15 is 0 Å². The van der Waals surface area contributed by atoms with Gasteiger partial charge >= 0.3 is 11.9 Å². The van der Waals surface area contributed by atoms with Gasteiger partial charge in [0.2, 0.25) is 17.7 Å². The van der Waals surface area contributed by atoms with Crippen LogP contribution in [0.4, 0.5) is 0 Å². The van der Waals surface area contributed by atoms with E-state index in [1.54, 1.807) is 6.20 Å². The number of aliphatic carboxylic acids is 2. The standard InChI is InChI=1S/C23H29N5O7S/c29-19(30)9-17(23(34)35)27-22(33)18(11-36)28-21(32)16(26-20(31)15-6-3-7-24-15)8-12-10-25-14-5-2-1-4-13(12)14/h1-2,4-5,10,15-18,24-25,36H,3,6-9,11H2,(H,26,31)(H,27,33)(H,28,32)(H,29,30)(H,34,35). The van der Waals surface area contributed by atoms with Gasteiger partial charge in [-0.05, 0) is 31.0 Å². The molecule has 12 nitrogen and oxygen atoms in total. The first-order valence-corrected chi connectivity index (χ1v) is 12.1. The van der Waals surface area contributed by atoms with Crippen molar-refractivity contribution in [1.29, 1.82) is 0 Å². The van der Waals surface area contributed by atoms with Crippen molar-refractivity contribution in [2.45, 2.75) is 49.9 Å². The van der Waals surface area contributed by atoms with Gasteiger partial charge in [-0.2, -0.15) is 12.6 Å². The molecule has 36 heavy (non-hydrogen) atoms. The largest absolute Gasteiger partial charge is 0.481 e. The molecular weight excluding hydrogens is 490 g/mol. The number of benzene rings is 1. The number of fused-ring (bicyclic) bond motifs is 1. The Morgan fingerprint density at radius 1 is 1.00 bits per heavy atom. The van der Waals surface area contributed by atoms with Crippen LogP contribution in [0.2, 0.25) is 0 Å². The minimum atomic E-state index is -1.68. The summed E-state index contributed by atoms with van der Waals surface area (Å²) in [7, 11) is 0. The van der Waals surface area contributed by atoms with Crippen molar-refractivity contribution in [2.75, 3.05) is 12.3 Å². The lowest BCUT2D eigenvalue weighted by Crippen LogP contribution is -2.58. The van der Waals surface area contributed by atoms with Gasteiger partial charge in [-0.15, -0.1) is 0 Å². The highest BCUT2D eigenvalue weighted by Crippen LogP contribution is 2.19. The van der Waals surface area contributed by atoms with Crippen LogP contribution in [0.5, 0.6) is 0 Å². The van der Waals surface area contributed by atoms with Gasteiger partial charge in [0, 0.05) is 29.3 Å². The minimum absolute atomic E-state index is 0.131. The molecule has 1 aromatic carbocycles. The zero-order valence-corrected chi connectivity index (χ0v) is 20.2. The minimum Gasteiger partial charge on any atom is -0.481 e. The maximum Gasteiger partial charge on any atom is 0.326 e. The maximum atomic E-state index is 13.2. The van der Waals surface area contributed by atoms with Crippen molar-refractivity contribution in [3.63, 3.8) is 0 Å². The van der Waals surface area contributed by atoms with E-state index in [-0.39, 0.29) is 18.1 Å². The van der Waals surface area contributed by atoms with Gasteiger partial charge in [0.25, 0.3) is 0 Å². The molecule has 2 heterocycles. The second kappa shape index (κ2) is 12.4. The van der Waals surface area contributed by atoms with E-state index in [4.69, 9.17) is 5.11 Å². The second-order valence-corrected chi connectivity index (χ2v) is 8.88. The summed E-state index contributed by atoms with van der Waals surface area (Å²) in [6, 6.07) is 3.08. The second-order valence-electron chi connectivity index (χ2n) is 8.51. The molecule has 2 aromatic rings. The van der Waals surface area contributed by atoms with Crippen LogP contribution < -0.4 is 21.3 Å². The van der Waals surface area contributed by atoms with E-state index in [0.29, 0.717) is 13.0 Å². The molecule has 1 aliphatic rings. The first-order valence-electron chi connectivity index (χ1n) is 11.4. The quantitative estimate of drug-likeness (QED) is 0.171. The summed E-state index contributed by atoms with van der Waals surface area (Å²) in [5, 5.41) is 29.4.